The zero-order valence-electron chi connectivity index (χ0n) is 12.0. The van der Waals surface area contributed by atoms with Gasteiger partial charge >= 0.3 is 5.69 Å². The second kappa shape index (κ2) is 6.41. The molecule has 0 radical (unpaired) electrons. The Hall–Kier alpha value is -2.34. The highest BCUT2D eigenvalue weighted by Crippen LogP contribution is 2.15. The largest absolute Gasteiger partial charge is 0.394 e. The fourth-order valence-electron chi connectivity index (χ4n) is 2.14. The summed E-state index contributed by atoms with van der Waals surface area (Å²) in [5.74, 6) is 0.364. The number of benzene rings is 1. The zero-order chi connectivity index (χ0) is 15.4. The summed E-state index contributed by atoms with van der Waals surface area (Å²) >= 11 is 0. The van der Waals surface area contributed by atoms with Crippen LogP contribution in [0.1, 0.15) is 31.5 Å². The quantitative estimate of drug-likeness (QED) is 0.773. The predicted molar refractivity (Wildman–Crippen MR) is 81.6 cm³/mol. The molecule has 112 valence electrons. The number of nitrogens with one attached hydrogen (secondary N) is 2. The maximum Gasteiger partial charge on any atom is 0.330 e. The Morgan fingerprint density at radius 1 is 1.24 bits per heavy atom. The predicted octanol–water partition coefficient (Wildman–Crippen LogP) is 1.26. The molecule has 0 saturated carbocycles. The first-order chi connectivity index (χ1) is 10.0. The molecule has 0 spiro atoms. The van der Waals surface area contributed by atoms with Crippen molar-refractivity contribution in [2.45, 2.75) is 25.9 Å². The van der Waals surface area contributed by atoms with Crippen molar-refractivity contribution in [1.82, 2.24) is 9.55 Å². The highest BCUT2D eigenvalue weighted by molar-refractivity contribution is 5.36. The molecule has 1 aromatic carbocycles. The summed E-state index contributed by atoms with van der Waals surface area (Å²) in [5.41, 5.74) is 0.0705. The molecule has 0 aliphatic rings. The van der Waals surface area contributed by atoms with Gasteiger partial charge < -0.3 is 10.4 Å². The topological polar surface area (TPSA) is 87.1 Å². The van der Waals surface area contributed by atoms with Gasteiger partial charge in [-0.05, 0) is 19.4 Å². The van der Waals surface area contributed by atoms with Gasteiger partial charge in [0.15, 0.2) is 0 Å². The lowest BCUT2D eigenvalue weighted by Crippen LogP contribution is -2.38. The average Bonchev–Trinajstić information content (AvgIpc) is 2.47. The van der Waals surface area contributed by atoms with Gasteiger partial charge in [0.1, 0.15) is 5.82 Å². The van der Waals surface area contributed by atoms with Gasteiger partial charge in [-0.2, -0.15) is 0 Å². The Morgan fingerprint density at radius 2 is 1.90 bits per heavy atom. The van der Waals surface area contributed by atoms with Crippen LogP contribution in [-0.2, 0) is 0 Å². The molecule has 0 bridgehead atoms. The minimum absolute atomic E-state index is 0.0487. The van der Waals surface area contributed by atoms with Gasteiger partial charge in [0, 0.05) is 12.1 Å². The molecular formula is C15H19N3O3. The molecule has 21 heavy (non-hydrogen) atoms. The van der Waals surface area contributed by atoms with Crippen molar-refractivity contribution in [3.8, 4) is 0 Å². The molecule has 1 aromatic heterocycles. The first-order valence-electron chi connectivity index (χ1n) is 6.81. The van der Waals surface area contributed by atoms with E-state index in [1.54, 1.807) is 6.92 Å². The number of aliphatic hydroxyl groups excluding tert-OH is 1. The molecule has 1 heterocycles. The molecule has 6 nitrogen and oxygen atoms in total. The van der Waals surface area contributed by atoms with Crippen LogP contribution in [-0.4, -0.2) is 21.3 Å². The van der Waals surface area contributed by atoms with Crippen molar-refractivity contribution in [2.75, 3.05) is 11.9 Å². The number of aromatic nitrogens is 2. The Balaban J connectivity index is 2.27. The number of aromatic amines is 1. The summed E-state index contributed by atoms with van der Waals surface area (Å²) in [6, 6.07) is 10.4. The van der Waals surface area contributed by atoms with Crippen LogP contribution in [0.25, 0.3) is 0 Å². The summed E-state index contributed by atoms with van der Waals surface area (Å²) in [6.45, 7) is 3.28. The lowest BCUT2D eigenvalue weighted by molar-refractivity contribution is 0.232. The molecule has 0 aliphatic carbocycles. The third-order valence-corrected chi connectivity index (χ3v) is 3.34. The van der Waals surface area contributed by atoms with E-state index in [4.69, 9.17) is 5.11 Å². The van der Waals surface area contributed by atoms with E-state index in [1.807, 2.05) is 37.3 Å². The van der Waals surface area contributed by atoms with Crippen LogP contribution < -0.4 is 16.6 Å². The van der Waals surface area contributed by atoms with Gasteiger partial charge in [-0.25, -0.2) is 4.79 Å². The first kappa shape index (κ1) is 15.1. The van der Waals surface area contributed by atoms with Gasteiger partial charge in [0.05, 0.1) is 12.6 Å². The van der Waals surface area contributed by atoms with E-state index in [0.717, 1.165) is 10.1 Å². The summed E-state index contributed by atoms with van der Waals surface area (Å²) < 4.78 is 0.998. The maximum absolute atomic E-state index is 12.0. The van der Waals surface area contributed by atoms with Crippen LogP contribution in [0.4, 0.5) is 5.82 Å². The maximum atomic E-state index is 12.0. The molecule has 2 unspecified atom stereocenters. The number of H-pyrrole nitrogens is 1. The second-order valence-electron chi connectivity index (χ2n) is 5.00. The smallest absolute Gasteiger partial charge is 0.330 e. The number of anilines is 1. The van der Waals surface area contributed by atoms with E-state index in [9.17, 15) is 9.59 Å². The molecule has 3 N–H and O–H groups in total. The monoisotopic (exact) mass is 289 g/mol. The molecular weight excluding hydrogens is 270 g/mol. The van der Waals surface area contributed by atoms with Crippen molar-refractivity contribution < 1.29 is 5.11 Å². The highest BCUT2D eigenvalue weighted by atomic mass is 16.3. The summed E-state index contributed by atoms with van der Waals surface area (Å²) in [4.78, 5) is 26.5. The van der Waals surface area contributed by atoms with Crippen molar-refractivity contribution >= 4 is 5.82 Å². The average molecular weight is 289 g/mol. The fraction of sp³-hybridized carbons (Fsp3) is 0.333. The van der Waals surface area contributed by atoms with Crippen molar-refractivity contribution in [3.05, 3.63) is 62.8 Å². The molecule has 2 atom stereocenters. The minimum atomic E-state index is -0.554. The summed E-state index contributed by atoms with van der Waals surface area (Å²) in [5, 5.41) is 12.2. The molecule has 2 aromatic rings. The van der Waals surface area contributed by atoms with Crippen molar-refractivity contribution in [2.24, 2.45) is 0 Å². The Labute approximate surface area is 122 Å². The third kappa shape index (κ3) is 3.41. The van der Waals surface area contributed by atoms with Gasteiger partial charge in [0.25, 0.3) is 5.56 Å². The van der Waals surface area contributed by atoms with Gasteiger partial charge in [0.2, 0.25) is 0 Å². The molecule has 0 aliphatic heterocycles. The van der Waals surface area contributed by atoms with E-state index in [0.29, 0.717) is 5.82 Å². The van der Waals surface area contributed by atoms with Crippen molar-refractivity contribution in [3.63, 3.8) is 0 Å². The van der Waals surface area contributed by atoms with E-state index in [1.165, 1.54) is 6.07 Å². The minimum Gasteiger partial charge on any atom is -0.394 e. The number of nitrogens with zero attached hydrogens (tertiary/aromatic N) is 1. The first-order valence-corrected chi connectivity index (χ1v) is 6.81. The van der Waals surface area contributed by atoms with Gasteiger partial charge in [-0.15, -0.1) is 0 Å². The second-order valence-corrected chi connectivity index (χ2v) is 5.00. The van der Waals surface area contributed by atoms with Gasteiger partial charge in [-0.1, -0.05) is 30.3 Å². The van der Waals surface area contributed by atoms with Crippen LogP contribution in [0.5, 0.6) is 0 Å². The van der Waals surface area contributed by atoms with Crippen LogP contribution >= 0.6 is 0 Å². The number of aliphatic hydroxyl groups is 1. The van der Waals surface area contributed by atoms with Crippen LogP contribution in [0.3, 0.4) is 0 Å². The lowest BCUT2D eigenvalue weighted by Gasteiger charge is -2.16. The van der Waals surface area contributed by atoms with E-state index < -0.39 is 17.3 Å². The fourth-order valence-corrected chi connectivity index (χ4v) is 2.14. The third-order valence-electron chi connectivity index (χ3n) is 3.34. The van der Waals surface area contributed by atoms with Gasteiger partial charge in [-0.3, -0.25) is 14.3 Å². The molecule has 0 saturated heterocycles. The molecule has 0 amide bonds. The Bertz CT molecular complexity index is 675. The van der Waals surface area contributed by atoms with E-state index >= 15 is 0 Å². The number of rotatable bonds is 5. The zero-order valence-corrected chi connectivity index (χ0v) is 12.0. The molecule has 6 heteroatoms. The van der Waals surface area contributed by atoms with Crippen LogP contribution in [0.15, 0.2) is 46.0 Å². The Morgan fingerprint density at radius 3 is 2.48 bits per heavy atom. The van der Waals surface area contributed by atoms with Crippen molar-refractivity contribution in [1.29, 1.82) is 0 Å². The standard InChI is InChI=1S/C15H19N3O3/c1-10(9-19)18-14(20)8-13(17-15(18)21)16-11(2)12-6-4-3-5-7-12/h3-8,10-11,16,19H,9H2,1-2H3,(H,17,21). The number of hydrogen-bond acceptors (Lipinski definition) is 4. The lowest BCUT2D eigenvalue weighted by atomic mass is 10.1. The number of hydrogen-bond donors (Lipinski definition) is 3. The molecule has 0 fully saturated rings. The van der Waals surface area contributed by atoms with Crippen LogP contribution in [0, 0.1) is 0 Å². The van der Waals surface area contributed by atoms with E-state index in [2.05, 4.69) is 10.3 Å². The van der Waals surface area contributed by atoms with E-state index in [-0.39, 0.29) is 12.6 Å². The summed E-state index contributed by atoms with van der Waals surface area (Å²) in [6.07, 6.45) is 0. The SMILES string of the molecule is CC(Nc1cc(=O)n(C(C)CO)c(=O)[nH]1)c1ccccc1. The Kier molecular flexibility index (Phi) is 4.59. The molecule has 2 rings (SSSR count). The normalized spacial score (nSPS) is 13.7. The summed E-state index contributed by atoms with van der Waals surface area (Å²) in [7, 11) is 0. The van der Waals surface area contributed by atoms with Crippen LogP contribution in [0.2, 0.25) is 0 Å². The highest BCUT2D eigenvalue weighted by Gasteiger charge is 2.12.